The number of hydrogen-bond acceptors (Lipinski definition) is 6. The lowest BCUT2D eigenvalue weighted by molar-refractivity contribution is 0.0899. The second-order valence-corrected chi connectivity index (χ2v) is 10.4. The number of fused-ring (bicyclic) bond motifs is 1. The van der Waals surface area contributed by atoms with Crippen molar-refractivity contribution >= 4 is 16.3 Å². The van der Waals surface area contributed by atoms with E-state index >= 15 is 0 Å². The zero-order chi connectivity index (χ0) is 25.4. The molecule has 37 heavy (non-hydrogen) atoms. The molecule has 5 aromatic rings. The lowest BCUT2D eigenvalue weighted by atomic mass is 9.96. The zero-order valence-corrected chi connectivity index (χ0v) is 21.4. The van der Waals surface area contributed by atoms with Gasteiger partial charge >= 0.3 is 0 Å². The highest BCUT2D eigenvalue weighted by Gasteiger charge is 2.34. The van der Waals surface area contributed by atoms with Crippen molar-refractivity contribution in [2.45, 2.75) is 19.0 Å². The van der Waals surface area contributed by atoms with Crippen molar-refractivity contribution in [2.75, 3.05) is 26.2 Å². The van der Waals surface area contributed by atoms with Gasteiger partial charge in [0.2, 0.25) is 10.8 Å². The highest BCUT2D eigenvalue weighted by atomic mass is 32.1. The van der Waals surface area contributed by atoms with E-state index in [0.29, 0.717) is 10.8 Å². The number of piperazine rings is 1. The summed E-state index contributed by atoms with van der Waals surface area (Å²) in [6.07, 6.45) is 0. The van der Waals surface area contributed by atoms with Gasteiger partial charge in [-0.2, -0.15) is 4.52 Å². The second-order valence-electron chi connectivity index (χ2n) is 9.39. The molecule has 1 atom stereocenters. The number of nitrogens with zero attached hydrogens (tertiary/aromatic N) is 5. The van der Waals surface area contributed by atoms with E-state index in [4.69, 9.17) is 0 Å². The summed E-state index contributed by atoms with van der Waals surface area (Å²) in [7, 11) is 0. The predicted molar refractivity (Wildman–Crippen MR) is 143 cm³/mol. The highest BCUT2D eigenvalue weighted by Crippen LogP contribution is 2.41. The van der Waals surface area contributed by atoms with Gasteiger partial charge in [-0.1, -0.05) is 84.1 Å². The maximum absolute atomic E-state index is 13.8. The summed E-state index contributed by atoms with van der Waals surface area (Å²) in [4.78, 5) is 10.8. The Kier molecular flexibility index (Phi) is 6.46. The van der Waals surface area contributed by atoms with Crippen LogP contribution in [-0.2, 0) is 0 Å². The van der Waals surface area contributed by atoms with Gasteiger partial charge in [-0.05, 0) is 35.7 Å². The summed E-state index contributed by atoms with van der Waals surface area (Å²) in [5.74, 6) is 0.445. The minimum Gasteiger partial charge on any atom is -0.492 e. The first-order valence-electron chi connectivity index (χ1n) is 12.5. The van der Waals surface area contributed by atoms with Crippen molar-refractivity contribution in [3.05, 3.63) is 118 Å². The van der Waals surface area contributed by atoms with Crippen LogP contribution in [0.15, 0.2) is 84.9 Å². The molecule has 3 heterocycles. The molecule has 0 aliphatic carbocycles. The van der Waals surface area contributed by atoms with Gasteiger partial charge in [0.1, 0.15) is 11.6 Å². The molecule has 0 amide bonds. The maximum Gasteiger partial charge on any atom is 0.230 e. The summed E-state index contributed by atoms with van der Waals surface area (Å²) >= 11 is 1.44. The Morgan fingerprint density at radius 2 is 1.27 bits per heavy atom. The molecule has 1 unspecified atom stereocenters. The molecule has 1 aliphatic rings. The van der Waals surface area contributed by atoms with Crippen LogP contribution in [0.5, 0.6) is 5.88 Å². The van der Waals surface area contributed by atoms with Crippen molar-refractivity contribution < 1.29 is 9.50 Å². The van der Waals surface area contributed by atoms with E-state index in [1.54, 1.807) is 0 Å². The number of rotatable bonds is 6. The van der Waals surface area contributed by atoms with Crippen molar-refractivity contribution in [3.8, 4) is 5.88 Å². The number of aromatic nitrogens is 3. The van der Waals surface area contributed by atoms with Crippen LogP contribution in [-0.4, -0.2) is 55.7 Å². The molecule has 8 heteroatoms. The molecular formula is C29H28FN5OS. The number of hydrogen-bond donors (Lipinski definition) is 1. The van der Waals surface area contributed by atoms with Crippen LogP contribution in [0.25, 0.3) is 4.96 Å². The minimum atomic E-state index is -0.275. The average molecular weight is 514 g/mol. The van der Waals surface area contributed by atoms with Gasteiger partial charge in [0.05, 0.1) is 17.0 Å². The molecule has 3 aromatic carbocycles. The molecule has 0 spiro atoms. The predicted octanol–water partition coefficient (Wildman–Crippen LogP) is 5.44. The maximum atomic E-state index is 13.8. The fraction of sp³-hybridized carbons (Fsp3) is 0.241. The van der Waals surface area contributed by atoms with E-state index in [0.717, 1.165) is 36.6 Å². The van der Waals surface area contributed by atoms with Crippen LogP contribution >= 0.6 is 11.3 Å². The molecule has 1 aliphatic heterocycles. The number of aryl methyl sites for hydroxylation is 1. The van der Waals surface area contributed by atoms with E-state index in [1.807, 2.05) is 19.1 Å². The summed E-state index contributed by atoms with van der Waals surface area (Å²) in [6, 6.07) is 27.8. The molecule has 0 radical (unpaired) electrons. The molecule has 188 valence electrons. The Labute approximate surface area is 219 Å². The zero-order valence-electron chi connectivity index (χ0n) is 20.5. The van der Waals surface area contributed by atoms with E-state index in [2.05, 4.69) is 80.5 Å². The molecule has 2 aromatic heterocycles. The van der Waals surface area contributed by atoms with Crippen molar-refractivity contribution in [2.24, 2.45) is 0 Å². The normalized spacial score (nSPS) is 16.0. The standard InChI is InChI=1S/C29H28FN5OS/c1-20-31-29-35(32-20)28(36)27(37-29)26(23-12-14-24(30)15-13-23)34-18-16-33(17-19-34)25(21-8-4-2-5-9-21)22-10-6-3-7-11-22/h2-15,25-26,36H,16-19H2,1H3. The Bertz CT molecular complexity index is 1440. The third-order valence-corrected chi connectivity index (χ3v) is 8.12. The largest absolute Gasteiger partial charge is 0.492 e. The molecule has 1 fully saturated rings. The quantitative estimate of drug-likeness (QED) is 0.328. The van der Waals surface area contributed by atoms with E-state index < -0.39 is 0 Å². The van der Waals surface area contributed by atoms with Crippen LogP contribution in [0.1, 0.15) is 39.5 Å². The molecule has 0 saturated carbocycles. The van der Waals surface area contributed by atoms with Gasteiger partial charge in [-0.3, -0.25) is 9.80 Å². The summed E-state index contributed by atoms with van der Waals surface area (Å²) in [5.41, 5.74) is 3.49. The van der Waals surface area contributed by atoms with Gasteiger partial charge in [-0.15, -0.1) is 5.10 Å². The minimum absolute atomic E-state index is 0.101. The molecule has 6 rings (SSSR count). The average Bonchev–Trinajstić information content (AvgIpc) is 3.44. The first kappa shape index (κ1) is 23.8. The van der Waals surface area contributed by atoms with Crippen molar-refractivity contribution in [1.82, 2.24) is 24.4 Å². The third-order valence-electron chi connectivity index (χ3n) is 7.05. The van der Waals surface area contributed by atoms with Gasteiger partial charge < -0.3 is 5.11 Å². The van der Waals surface area contributed by atoms with Crippen LogP contribution in [0, 0.1) is 12.7 Å². The van der Waals surface area contributed by atoms with Gasteiger partial charge in [-0.25, -0.2) is 9.37 Å². The monoisotopic (exact) mass is 513 g/mol. The van der Waals surface area contributed by atoms with Crippen LogP contribution in [0.2, 0.25) is 0 Å². The van der Waals surface area contributed by atoms with Crippen molar-refractivity contribution in [3.63, 3.8) is 0 Å². The topological polar surface area (TPSA) is 56.9 Å². The number of benzene rings is 3. The van der Waals surface area contributed by atoms with E-state index in [9.17, 15) is 9.50 Å². The molecule has 6 nitrogen and oxygen atoms in total. The van der Waals surface area contributed by atoms with E-state index in [1.165, 1.54) is 39.1 Å². The van der Waals surface area contributed by atoms with E-state index in [-0.39, 0.29) is 23.8 Å². The third kappa shape index (κ3) is 4.64. The molecular weight excluding hydrogens is 485 g/mol. The first-order valence-corrected chi connectivity index (χ1v) is 13.3. The number of aromatic hydroxyl groups is 1. The fourth-order valence-electron chi connectivity index (χ4n) is 5.34. The Morgan fingerprint density at radius 3 is 1.81 bits per heavy atom. The van der Waals surface area contributed by atoms with Gasteiger partial charge in [0.15, 0.2) is 0 Å². The second kappa shape index (κ2) is 10.0. The van der Waals surface area contributed by atoms with Crippen LogP contribution in [0.4, 0.5) is 4.39 Å². The first-order chi connectivity index (χ1) is 18.1. The Balaban J connectivity index is 1.32. The summed E-state index contributed by atoms with van der Waals surface area (Å²) in [5, 5.41) is 15.5. The molecule has 1 saturated heterocycles. The van der Waals surface area contributed by atoms with Gasteiger partial charge in [0, 0.05) is 26.2 Å². The van der Waals surface area contributed by atoms with Gasteiger partial charge in [0.25, 0.3) is 0 Å². The summed E-state index contributed by atoms with van der Waals surface area (Å²) < 4.78 is 15.3. The fourth-order valence-corrected chi connectivity index (χ4v) is 6.50. The lowest BCUT2D eigenvalue weighted by Gasteiger charge is -2.42. The molecule has 1 N–H and O–H groups in total. The lowest BCUT2D eigenvalue weighted by Crippen LogP contribution is -2.49. The highest BCUT2D eigenvalue weighted by molar-refractivity contribution is 7.17. The molecule has 0 bridgehead atoms. The number of halogens is 1. The number of thiazole rings is 1. The van der Waals surface area contributed by atoms with Crippen LogP contribution < -0.4 is 0 Å². The Morgan fingerprint density at radius 1 is 0.757 bits per heavy atom. The smallest absolute Gasteiger partial charge is 0.230 e. The van der Waals surface area contributed by atoms with Crippen LogP contribution in [0.3, 0.4) is 0 Å². The van der Waals surface area contributed by atoms with Crippen molar-refractivity contribution in [1.29, 1.82) is 0 Å². The SMILES string of the molecule is Cc1nc2sc(C(c3ccc(F)cc3)N3CCN(C(c4ccccc4)c4ccccc4)CC3)c(O)n2n1. The Hall–Kier alpha value is -3.59. The summed E-state index contributed by atoms with van der Waals surface area (Å²) in [6.45, 7) is 5.11.